The predicted molar refractivity (Wildman–Crippen MR) is 44.6 cm³/mol. The summed E-state index contributed by atoms with van der Waals surface area (Å²) < 4.78 is 0. The van der Waals surface area contributed by atoms with E-state index < -0.39 is 0 Å². The maximum Gasteiger partial charge on any atom is 0.220 e. The van der Waals surface area contributed by atoms with E-state index in [4.69, 9.17) is 5.11 Å². The molecule has 0 fully saturated rings. The molecule has 0 aliphatic rings. The summed E-state index contributed by atoms with van der Waals surface area (Å²) in [6.07, 6.45) is 0.476. The van der Waals surface area contributed by atoms with Crippen molar-refractivity contribution in [2.45, 2.75) is 32.7 Å². The van der Waals surface area contributed by atoms with Crippen molar-refractivity contribution in [3.8, 4) is 0 Å². The van der Waals surface area contributed by atoms with Crippen molar-refractivity contribution < 1.29 is 14.7 Å². The second-order valence-corrected chi connectivity index (χ2v) is 2.85. The summed E-state index contributed by atoms with van der Waals surface area (Å²) in [5, 5.41) is 11.1. The number of hydrogen-bond acceptors (Lipinski definition) is 3. The maximum absolute atomic E-state index is 10.9. The standard InChI is InChI=1S/C8H15NO3/c1-6(5-10)9-8(12)4-3-7(2)11/h6,10H,3-5H2,1-2H3,(H,9,12)/t6-/m0/s1. The van der Waals surface area contributed by atoms with Gasteiger partial charge in [0.05, 0.1) is 6.61 Å². The van der Waals surface area contributed by atoms with E-state index in [-0.39, 0.29) is 37.2 Å². The average Bonchev–Trinajstić information content (AvgIpc) is 2.00. The molecule has 0 saturated heterocycles. The molecule has 0 saturated carbocycles. The van der Waals surface area contributed by atoms with Crippen LogP contribution in [0.1, 0.15) is 26.7 Å². The SMILES string of the molecule is CC(=O)CCC(=O)N[C@@H](C)CO. The highest BCUT2D eigenvalue weighted by Crippen LogP contribution is 1.91. The minimum absolute atomic E-state index is 0.00167. The van der Waals surface area contributed by atoms with Crippen molar-refractivity contribution in [3.05, 3.63) is 0 Å². The Bertz CT molecular complexity index is 168. The average molecular weight is 173 g/mol. The first kappa shape index (κ1) is 11.1. The minimum atomic E-state index is -0.232. The quantitative estimate of drug-likeness (QED) is 0.607. The summed E-state index contributed by atoms with van der Waals surface area (Å²) in [6, 6.07) is -0.232. The smallest absolute Gasteiger partial charge is 0.220 e. The third kappa shape index (κ3) is 5.85. The highest BCUT2D eigenvalue weighted by atomic mass is 16.3. The van der Waals surface area contributed by atoms with Crippen LogP contribution in [0.15, 0.2) is 0 Å². The molecule has 0 unspecified atom stereocenters. The van der Waals surface area contributed by atoms with E-state index in [0.29, 0.717) is 0 Å². The summed E-state index contributed by atoms with van der Waals surface area (Å²) in [5.41, 5.74) is 0. The van der Waals surface area contributed by atoms with Gasteiger partial charge in [0.25, 0.3) is 0 Å². The molecular weight excluding hydrogens is 158 g/mol. The Morgan fingerprint density at radius 2 is 2.00 bits per heavy atom. The van der Waals surface area contributed by atoms with Crippen LogP contribution < -0.4 is 5.32 Å². The number of ketones is 1. The lowest BCUT2D eigenvalue weighted by atomic mass is 10.2. The zero-order valence-corrected chi connectivity index (χ0v) is 7.46. The molecule has 0 bridgehead atoms. The van der Waals surface area contributed by atoms with E-state index in [1.807, 2.05) is 0 Å². The molecule has 70 valence electrons. The van der Waals surface area contributed by atoms with Gasteiger partial charge in [0.2, 0.25) is 5.91 Å². The van der Waals surface area contributed by atoms with Gasteiger partial charge in [0, 0.05) is 18.9 Å². The van der Waals surface area contributed by atoms with Crippen LogP contribution in [0.4, 0.5) is 0 Å². The Morgan fingerprint density at radius 3 is 2.42 bits per heavy atom. The Balaban J connectivity index is 3.53. The lowest BCUT2D eigenvalue weighted by Gasteiger charge is -2.09. The molecule has 0 aromatic carbocycles. The largest absolute Gasteiger partial charge is 0.394 e. The zero-order valence-electron chi connectivity index (χ0n) is 7.46. The van der Waals surface area contributed by atoms with Gasteiger partial charge in [-0.1, -0.05) is 0 Å². The van der Waals surface area contributed by atoms with Gasteiger partial charge >= 0.3 is 0 Å². The zero-order chi connectivity index (χ0) is 9.56. The van der Waals surface area contributed by atoms with Crippen LogP contribution in [-0.4, -0.2) is 29.4 Å². The highest BCUT2D eigenvalue weighted by Gasteiger charge is 2.06. The first-order valence-electron chi connectivity index (χ1n) is 3.96. The van der Waals surface area contributed by atoms with Gasteiger partial charge < -0.3 is 15.2 Å². The summed E-state index contributed by atoms with van der Waals surface area (Å²) in [4.78, 5) is 21.4. The van der Waals surface area contributed by atoms with Gasteiger partial charge in [-0.2, -0.15) is 0 Å². The van der Waals surface area contributed by atoms with Crippen LogP contribution in [0.5, 0.6) is 0 Å². The minimum Gasteiger partial charge on any atom is -0.394 e. The van der Waals surface area contributed by atoms with Gasteiger partial charge in [-0.3, -0.25) is 4.79 Å². The van der Waals surface area contributed by atoms with Crippen LogP contribution in [0.2, 0.25) is 0 Å². The molecule has 0 radical (unpaired) electrons. The molecule has 0 aromatic rings. The number of Topliss-reactive ketones (excluding diaryl/α,β-unsaturated/α-hetero) is 1. The predicted octanol–water partition coefficient (Wildman–Crippen LogP) is -0.147. The molecule has 1 amide bonds. The molecule has 4 heteroatoms. The van der Waals surface area contributed by atoms with Crippen molar-refractivity contribution in [2.75, 3.05) is 6.61 Å². The molecule has 2 N–H and O–H groups in total. The molecule has 4 nitrogen and oxygen atoms in total. The van der Waals surface area contributed by atoms with Crippen molar-refractivity contribution in [1.82, 2.24) is 5.32 Å². The van der Waals surface area contributed by atoms with Crippen molar-refractivity contribution >= 4 is 11.7 Å². The first-order valence-corrected chi connectivity index (χ1v) is 3.96. The van der Waals surface area contributed by atoms with E-state index in [1.54, 1.807) is 6.92 Å². The lowest BCUT2D eigenvalue weighted by Crippen LogP contribution is -2.35. The second kappa shape index (κ2) is 5.71. The fourth-order valence-corrected chi connectivity index (χ4v) is 0.682. The van der Waals surface area contributed by atoms with Crippen LogP contribution in [0, 0.1) is 0 Å². The Morgan fingerprint density at radius 1 is 1.42 bits per heavy atom. The molecular formula is C8H15NO3. The summed E-state index contributed by atoms with van der Waals surface area (Å²) in [6.45, 7) is 3.07. The molecule has 0 aliphatic carbocycles. The maximum atomic E-state index is 10.9. The Hall–Kier alpha value is -0.900. The van der Waals surface area contributed by atoms with Crippen molar-refractivity contribution in [3.63, 3.8) is 0 Å². The van der Waals surface area contributed by atoms with Crippen LogP contribution in [0.3, 0.4) is 0 Å². The molecule has 12 heavy (non-hydrogen) atoms. The van der Waals surface area contributed by atoms with Gasteiger partial charge in [-0.05, 0) is 13.8 Å². The summed E-state index contributed by atoms with van der Waals surface area (Å²) in [7, 11) is 0. The third-order valence-corrected chi connectivity index (χ3v) is 1.39. The van der Waals surface area contributed by atoms with Crippen LogP contribution >= 0.6 is 0 Å². The van der Waals surface area contributed by atoms with Crippen molar-refractivity contribution in [2.24, 2.45) is 0 Å². The number of hydrogen-bond donors (Lipinski definition) is 2. The molecule has 0 aliphatic heterocycles. The van der Waals surface area contributed by atoms with Crippen LogP contribution in [0.25, 0.3) is 0 Å². The topological polar surface area (TPSA) is 66.4 Å². The number of rotatable bonds is 5. The van der Waals surface area contributed by atoms with Crippen LogP contribution in [-0.2, 0) is 9.59 Å². The molecule has 0 spiro atoms. The monoisotopic (exact) mass is 173 g/mol. The van der Waals surface area contributed by atoms with E-state index in [0.717, 1.165) is 0 Å². The molecule has 1 atom stereocenters. The number of nitrogens with one attached hydrogen (secondary N) is 1. The molecule has 0 heterocycles. The highest BCUT2D eigenvalue weighted by molar-refractivity contribution is 5.83. The number of amides is 1. The number of aliphatic hydroxyl groups is 1. The van der Waals surface area contributed by atoms with E-state index in [9.17, 15) is 9.59 Å². The third-order valence-electron chi connectivity index (χ3n) is 1.39. The van der Waals surface area contributed by atoms with E-state index in [1.165, 1.54) is 6.92 Å². The van der Waals surface area contributed by atoms with E-state index >= 15 is 0 Å². The Kier molecular flexibility index (Phi) is 5.28. The van der Waals surface area contributed by atoms with Crippen molar-refractivity contribution in [1.29, 1.82) is 0 Å². The molecule has 0 aromatic heterocycles. The Labute approximate surface area is 72.0 Å². The first-order chi connectivity index (χ1) is 5.56. The number of carbonyl (C=O) groups excluding carboxylic acids is 2. The number of carbonyl (C=O) groups is 2. The van der Waals surface area contributed by atoms with Gasteiger partial charge in [0.1, 0.15) is 5.78 Å². The number of aliphatic hydroxyl groups excluding tert-OH is 1. The fraction of sp³-hybridized carbons (Fsp3) is 0.750. The van der Waals surface area contributed by atoms with E-state index in [2.05, 4.69) is 5.32 Å². The lowest BCUT2D eigenvalue weighted by molar-refractivity contribution is -0.125. The van der Waals surface area contributed by atoms with Gasteiger partial charge in [-0.15, -0.1) is 0 Å². The van der Waals surface area contributed by atoms with Gasteiger partial charge in [0.15, 0.2) is 0 Å². The summed E-state index contributed by atoms with van der Waals surface area (Å²) >= 11 is 0. The fourth-order valence-electron chi connectivity index (χ4n) is 0.682. The van der Waals surface area contributed by atoms with Gasteiger partial charge in [-0.25, -0.2) is 0 Å². The normalized spacial score (nSPS) is 12.2. The summed E-state index contributed by atoms with van der Waals surface area (Å²) in [5.74, 6) is -0.187. The molecule has 0 rings (SSSR count). The second-order valence-electron chi connectivity index (χ2n) is 2.85.